The number of hydrogen-bond donors (Lipinski definition) is 1. The average molecular weight is 216 g/mol. The number of carbonyl (C=O) groups excluding carboxylic acids is 1. The quantitative estimate of drug-likeness (QED) is 0.765. The molecule has 0 aromatic carbocycles. The fourth-order valence-electron chi connectivity index (χ4n) is 1.71. The summed E-state index contributed by atoms with van der Waals surface area (Å²) in [5, 5.41) is 0.638. The van der Waals surface area contributed by atoms with Crippen LogP contribution in [-0.2, 0) is 4.79 Å². The third-order valence-electron chi connectivity index (χ3n) is 2.46. The highest BCUT2D eigenvalue weighted by Gasteiger charge is 2.22. The SMILES string of the molecule is CCCSC1CCCN(C(=O)CN)C1. The second-order valence-corrected chi connectivity index (χ2v) is 5.09. The van der Waals surface area contributed by atoms with Gasteiger partial charge in [-0.05, 0) is 25.0 Å². The zero-order chi connectivity index (χ0) is 10.4. The largest absolute Gasteiger partial charge is 0.340 e. The highest BCUT2D eigenvalue weighted by atomic mass is 32.2. The van der Waals surface area contributed by atoms with E-state index in [4.69, 9.17) is 5.73 Å². The van der Waals surface area contributed by atoms with Gasteiger partial charge in [-0.2, -0.15) is 11.8 Å². The lowest BCUT2D eigenvalue weighted by Crippen LogP contribution is -2.43. The zero-order valence-electron chi connectivity index (χ0n) is 8.87. The Morgan fingerprint density at radius 2 is 2.43 bits per heavy atom. The third-order valence-corrected chi connectivity index (χ3v) is 3.96. The lowest BCUT2D eigenvalue weighted by molar-refractivity contribution is -0.130. The van der Waals surface area contributed by atoms with Crippen LogP contribution in [0, 0.1) is 0 Å². The van der Waals surface area contributed by atoms with Crippen LogP contribution in [0.3, 0.4) is 0 Å². The number of carbonyl (C=O) groups is 1. The van der Waals surface area contributed by atoms with Crippen LogP contribution in [0.15, 0.2) is 0 Å². The number of amides is 1. The molecule has 1 aliphatic heterocycles. The number of rotatable bonds is 4. The van der Waals surface area contributed by atoms with E-state index in [1.807, 2.05) is 16.7 Å². The maximum absolute atomic E-state index is 11.4. The fraction of sp³-hybridized carbons (Fsp3) is 0.900. The van der Waals surface area contributed by atoms with Crippen molar-refractivity contribution in [3.05, 3.63) is 0 Å². The van der Waals surface area contributed by atoms with Gasteiger partial charge in [-0.25, -0.2) is 0 Å². The molecule has 0 bridgehead atoms. The Morgan fingerprint density at radius 1 is 1.64 bits per heavy atom. The summed E-state index contributed by atoms with van der Waals surface area (Å²) in [5.41, 5.74) is 5.35. The van der Waals surface area contributed by atoms with Crippen LogP contribution >= 0.6 is 11.8 Å². The van der Waals surface area contributed by atoms with Crippen LogP contribution in [-0.4, -0.2) is 41.4 Å². The third kappa shape index (κ3) is 3.50. The van der Waals surface area contributed by atoms with Crippen molar-refractivity contribution in [2.24, 2.45) is 5.73 Å². The molecular weight excluding hydrogens is 196 g/mol. The Balaban J connectivity index is 2.31. The molecule has 3 nitrogen and oxygen atoms in total. The van der Waals surface area contributed by atoms with Crippen molar-refractivity contribution < 1.29 is 4.79 Å². The standard InChI is InChI=1S/C10H20N2OS/c1-2-6-14-9-4-3-5-12(8-9)10(13)7-11/h9H,2-8,11H2,1H3. The van der Waals surface area contributed by atoms with Gasteiger partial charge in [0.2, 0.25) is 5.91 Å². The molecule has 0 aliphatic carbocycles. The molecular formula is C10H20N2OS. The molecule has 1 fully saturated rings. The minimum absolute atomic E-state index is 0.104. The topological polar surface area (TPSA) is 46.3 Å². The van der Waals surface area contributed by atoms with Gasteiger partial charge in [0.1, 0.15) is 0 Å². The molecule has 2 N–H and O–H groups in total. The van der Waals surface area contributed by atoms with Gasteiger partial charge in [0.05, 0.1) is 6.54 Å². The van der Waals surface area contributed by atoms with Gasteiger partial charge >= 0.3 is 0 Å². The number of nitrogens with zero attached hydrogens (tertiary/aromatic N) is 1. The van der Waals surface area contributed by atoms with E-state index in [2.05, 4.69) is 6.92 Å². The Morgan fingerprint density at radius 3 is 3.07 bits per heavy atom. The zero-order valence-corrected chi connectivity index (χ0v) is 9.68. The number of hydrogen-bond acceptors (Lipinski definition) is 3. The number of thioether (sulfide) groups is 1. The van der Waals surface area contributed by atoms with Crippen LogP contribution < -0.4 is 5.73 Å². The average Bonchev–Trinajstić information content (AvgIpc) is 2.25. The van der Waals surface area contributed by atoms with E-state index >= 15 is 0 Å². The van der Waals surface area contributed by atoms with Crippen LogP contribution in [0.5, 0.6) is 0 Å². The second kappa shape index (κ2) is 6.30. The predicted octanol–water partition coefficient (Wildman–Crippen LogP) is 1.08. The summed E-state index contributed by atoms with van der Waals surface area (Å²) in [5.74, 6) is 1.31. The summed E-state index contributed by atoms with van der Waals surface area (Å²) < 4.78 is 0. The molecule has 0 radical (unpaired) electrons. The minimum Gasteiger partial charge on any atom is -0.340 e. The molecule has 0 aromatic heterocycles. The van der Waals surface area contributed by atoms with Crippen molar-refractivity contribution in [3.8, 4) is 0 Å². The van der Waals surface area contributed by atoms with Gasteiger partial charge in [-0.15, -0.1) is 0 Å². The summed E-state index contributed by atoms with van der Waals surface area (Å²) >= 11 is 1.99. The number of nitrogens with two attached hydrogens (primary N) is 1. The molecule has 1 rings (SSSR count). The minimum atomic E-state index is 0.104. The molecule has 0 saturated carbocycles. The normalized spacial score (nSPS) is 22.4. The van der Waals surface area contributed by atoms with Gasteiger partial charge in [-0.1, -0.05) is 6.92 Å². The van der Waals surface area contributed by atoms with E-state index in [-0.39, 0.29) is 12.5 Å². The lowest BCUT2D eigenvalue weighted by Gasteiger charge is -2.32. The Labute approximate surface area is 90.4 Å². The number of likely N-dealkylation sites (tertiary alicyclic amines) is 1. The molecule has 1 atom stereocenters. The molecule has 0 spiro atoms. The Kier molecular flexibility index (Phi) is 5.33. The molecule has 82 valence electrons. The van der Waals surface area contributed by atoms with Crippen molar-refractivity contribution in [2.45, 2.75) is 31.4 Å². The monoisotopic (exact) mass is 216 g/mol. The van der Waals surface area contributed by atoms with E-state index in [0.717, 1.165) is 19.5 Å². The summed E-state index contributed by atoms with van der Waals surface area (Å²) in [6, 6.07) is 0. The smallest absolute Gasteiger partial charge is 0.236 e. The van der Waals surface area contributed by atoms with Crippen molar-refractivity contribution in [1.29, 1.82) is 0 Å². The van der Waals surface area contributed by atoms with Crippen LogP contribution in [0.4, 0.5) is 0 Å². The van der Waals surface area contributed by atoms with E-state index < -0.39 is 0 Å². The Hall–Kier alpha value is -0.220. The van der Waals surface area contributed by atoms with Gasteiger partial charge in [0.15, 0.2) is 0 Å². The second-order valence-electron chi connectivity index (χ2n) is 3.68. The maximum atomic E-state index is 11.4. The lowest BCUT2D eigenvalue weighted by atomic mass is 10.1. The first kappa shape index (κ1) is 11.9. The van der Waals surface area contributed by atoms with Crippen LogP contribution in [0.1, 0.15) is 26.2 Å². The highest BCUT2D eigenvalue weighted by Crippen LogP contribution is 2.22. The summed E-state index contributed by atoms with van der Waals surface area (Å²) in [6.07, 6.45) is 3.60. The van der Waals surface area contributed by atoms with Gasteiger partial charge in [-0.3, -0.25) is 4.79 Å². The van der Waals surface area contributed by atoms with E-state index in [9.17, 15) is 4.79 Å². The van der Waals surface area contributed by atoms with E-state index in [0.29, 0.717) is 5.25 Å². The molecule has 4 heteroatoms. The van der Waals surface area contributed by atoms with Gasteiger partial charge < -0.3 is 10.6 Å². The van der Waals surface area contributed by atoms with Crippen molar-refractivity contribution in [3.63, 3.8) is 0 Å². The predicted molar refractivity (Wildman–Crippen MR) is 61.4 cm³/mol. The molecule has 1 heterocycles. The summed E-state index contributed by atoms with van der Waals surface area (Å²) in [4.78, 5) is 13.3. The molecule has 1 unspecified atom stereocenters. The van der Waals surface area contributed by atoms with E-state index in [1.54, 1.807) is 0 Å². The molecule has 1 aliphatic rings. The van der Waals surface area contributed by atoms with Crippen LogP contribution in [0.2, 0.25) is 0 Å². The number of piperidine rings is 1. The van der Waals surface area contributed by atoms with Crippen LogP contribution in [0.25, 0.3) is 0 Å². The molecule has 1 amide bonds. The molecule has 0 aromatic rings. The first-order chi connectivity index (χ1) is 6.77. The van der Waals surface area contributed by atoms with E-state index in [1.165, 1.54) is 18.6 Å². The highest BCUT2D eigenvalue weighted by molar-refractivity contribution is 7.99. The summed E-state index contributed by atoms with van der Waals surface area (Å²) in [6.45, 7) is 4.16. The molecule has 14 heavy (non-hydrogen) atoms. The van der Waals surface area contributed by atoms with Crippen molar-refractivity contribution >= 4 is 17.7 Å². The first-order valence-electron chi connectivity index (χ1n) is 5.37. The van der Waals surface area contributed by atoms with Crippen molar-refractivity contribution in [1.82, 2.24) is 4.90 Å². The summed E-state index contributed by atoms with van der Waals surface area (Å²) in [7, 11) is 0. The Bertz CT molecular complexity index is 187. The van der Waals surface area contributed by atoms with Gasteiger partial charge in [0, 0.05) is 18.3 Å². The van der Waals surface area contributed by atoms with Gasteiger partial charge in [0.25, 0.3) is 0 Å². The van der Waals surface area contributed by atoms with Crippen molar-refractivity contribution in [2.75, 3.05) is 25.4 Å². The molecule has 1 saturated heterocycles. The fourth-order valence-corrected chi connectivity index (χ4v) is 2.90. The first-order valence-corrected chi connectivity index (χ1v) is 6.42. The maximum Gasteiger partial charge on any atom is 0.236 e.